The van der Waals surface area contributed by atoms with Gasteiger partial charge in [-0.2, -0.15) is 0 Å². The van der Waals surface area contributed by atoms with Crippen molar-refractivity contribution in [1.82, 2.24) is 0 Å². The van der Waals surface area contributed by atoms with Gasteiger partial charge < -0.3 is 4.90 Å². The van der Waals surface area contributed by atoms with Crippen LogP contribution in [0.2, 0.25) is 0 Å². The zero-order chi connectivity index (χ0) is 47.8. The van der Waals surface area contributed by atoms with Crippen molar-refractivity contribution in [2.75, 3.05) is 4.90 Å². The van der Waals surface area contributed by atoms with Crippen LogP contribution in [0.3, 0.4) is 0 Å². The summed E-state index contributed by atoms with van der Waals surface area (Å²) >= 11 is 0. The topological polar surface area (TPSA) is 3.24 Å². The molecular formula is C71H49N. The molecule has 0 N–H and O–H groups in total. The molecule has 0 saturated heterocycles. The van der Waals surface area contributed by atoms with Crippen molar-refractivity contribution in [1.29, 1.82) is 0 Å². The van der Waals surface area contributed by atoms with E-state index in [9.17, 15) is 0 Å². The average Bonchev–Trinajstić information content (AvgIpc) is 4.10. The van der Waals surface area contributed by atoms with E-state index in [0.29, 0.717) is 0 Å². The summed E-state index contributed by atoms with van der Waals surface area (Å²) in [6.45, 7) is 4.76. The lowest BCUT2D eigenvalue weighted by molar-refractivity contribution is 0.660. The van der Waals surface area contributed by atoms with Gasteiger partial charge in [-0.05, 0) is 148 Å². The third kappa shape index (κ3) is 5.27. The smallest absolute Gasteiger partial charge is 0.0725 e. The first-order valence-corrected chi connectivity index (χ1v) is 25.4. The zero-order valence-electron chi connectivity index (χ0n) is 40.3. The Hall–Kier alpha value is -8.78. The Kier molecular flexibility index (Phi) is 8.62. The van der Waals surface area contributed by atoms with Gasteiger partial charge in [-0.25, -0.2) is 0 Å². The van der Waals surface area contributed by atoms with Crippen molar-refractivity contribution < 1.29 is 0 Å². The summed E-state index contributed by atoms with van der Waals surface area (Å²) < 4.78 is 0. The van der Waals surface area contributed by atoms with Gasteiger partial charge in [-0.15, -0.1) is 0 Å². The molecule has 11 aromatic carbocycles. The minimum atomic E-state index is -0.607. The van der Waals surface area contributed by atoms with Crippen LogP contribution in [0.5, 0.6) is 0 Å². The second kappa shape index (κ2) is 15.1. The highest BCUT2D eigenvalue weighted by molar-refractivity contribution is 6.08. The standard InChI is InChI=1S/C71H49N/c1-69(2)58-35-19-15-31-52(58)55-41-39-51(44-63(55)69)72(49-29-13-6-14-30-49)50-40-42-62-57(43-50)68-65(71(62)59-36-20-16-32-53(59)54-33-17-21-37-60(54)71)45-64-67(66(68)46-23-7-3-8-24-46)56-34-18-22-38-61(56)70(64,47-25-9-4-10-26-47)48-27-11-5-12-28-48/h3-45H,1-2H3. The molecule has 0 bridgehead atoms. The van der Waals surface area contributed by atoms with Crippen molar-refractivity contribution in [3.63, 3.8) is 0 Å². The van der Waals surface area contributed by atoms with Crippen LogP contribution in [0.1, 0.15) is 69.5 Å². The van der Waals surface area contributed by atoms with Crippen LogP contribution in [-0.2, 0) is 16.2 Å². The monoisotopic (exact) mass is 915 g/mol. The molecule has 0 aromatic heterocycles. The van der Waals surface area contributed by atoms with Gasteiger partial charge in [-0.3, -0.25) is 0 Å². The molecule has 1 spiro atoms. The van der Waals surface area contributed by atoms with E-state index >= 15 is 0 Å². The molecule has 1 nitrogen and oxygen atoms in total. The molecule has 0 unspecified atom stereocenters. The molecule has 338 valence electrons. The van der Waals surface area contributed by atoms with Crippen molar-refractivity contribution in [2.45, 2.75) is 30.1 Å². The van der Waals surface area contributed by atoms with Crippen LogP contribution in [0.25, 0.3) is 55.6 Å². The van der Waals surface area contributed by atoms with Crippen LogP contribution in [0.4, 0.5) is 17.1 Å². The summed E-state index contributed by atoms with van der Waals surface area (Å²) in [5, 5.41) is 0. The van der Waals surface area contributed by atoms with Crippen LogP contribution in [-0.4, -0.2) is 0 Å². The van der Waals surface area contributed by atoms with Gasteiger partial charge in [0.1, 0.15) is 0 Å². The highest BCUT2D eigenvalue weighted by Gasteiger charge is 2.56. The summed E-state index contributed by atoms with van der Waals surface area (Å²) in [6, 6.07) is 98.7. The molecule has 0 atom stereocenters. The lowest BCUT2D eigenvalue weighted by Crippen LogP contribution is -2.30. The first-order chi connectivity index (χ1) is 35.5. The van der Waals surface area contributed by atoms with E-state index in [1.165, 1.54) is 111 Å². The van der Waals surface area contributed by atoms with E-state index in [2.05, 4.69) is 280 Å². The predicted octanol–water partition coefficient (Wildman–Crippen LogP) is 17.8. The van der Waals surface area contributed by atoms with E-state index in [0.717, 1.165) is 17.1 Å². The summed E-state index contributed by atoms with van der Waals surface area (Å²) in [4.78, 5) is 2.49. The van der Waals surface area contributed by atoms with Gasteiger partial charge in [-0.1, -0.05) is 238 Å². The second-order valence-electron chi connectivity index (χ2n) is 20.6. The third-order valence-electron chi connectivity index (χ3n) is 16.9. The second-order valence-corrected chi connectivity index (χ2v) is 20.6. The molecule has 0 fully saturated rings. The molecule has 0 aliphatic heterocycles. The normalized spacial score (nSPS) is 14.9. The maximum atomic E-state index is 2.67. The van der Waals surface area contributed by atoms with E-state index in [-0.39, 0.29) is 5.41 Å². The molecule has 0 radical (unpaired) electrons. The van der Waals surface area contributed by atoms with Gasteiger partial charge in [0.2, 0.25) is 0 Å². The maximum absolute atomic E-state index is 2.67. The first kappa shape index (κ1) is 41.0. The molecule has 4 aliphatic carbocycles. The fourth-order valence-electron chi connectivity index (χ4n) is 14.1. The molecule has 0 amide bonds. The highest BCUT2D eigenvalue weighted by Crippen LogP contribution is 2.69. The molecule has 0 saturated carbocycles. The van der Waals surface area contributed by atoms with Gasteiger partial charge >= 0.3 is 0 Å². The van der Waals surface area contributed by atoms with E-state index in [4.69, 9.17) is 0 Å². The number of benzene rings is 11. The number of anilines is 3. The van der Waals surface area contributed by atoms with E-state index in [1.54, 1.807) is 0 Å². The Morgan fingerprint density at radius 2 is 0.667 bits per heavy atom. The lowest BCUT2D eigenvalue weighted by Gasteiger charge is -2.36. The molecular weight excluding hydrogens is 867 g/mol. The van der Waals surface area contributed by atoms with Crippen LogP contribution in [0.15, 0.2) is 261 Å². The molecule has 11 aromatic rings. The minimum absolute atomic E-state index is 0.146. The first-order valence-electron chi connectivity index (χ1n) is 25.4. The minimum Gasteiger partial charge on any atom is -0.310 e. The summed E-state index contributed by atoms with van der Waals surface area (Å²) in [7, 11) is 0. The van der Waals surface area contributed by atoms with Gasteiger partial charge in [0.15, 0.2) is 0 Å². The molecule has 4 aliphatic rings. The SMILES string of the molecule is CC1(C)c2ccccc2-c2ccc(N(c3ccccc3)c3ccc4c(c3)-c3c(cc5c(c3-c3ccccc3)-c3ccccc3C5(c3ccccc3)c3ccccc3)C43c4ccccc4-c4ccccc43)cc21. The third-order valence-corrected chi connectivity index (χ3v) is 16.9. The number of fused-ring (bicyclic) bond motifs is 16. The number of para-hydroxylation sites is 1. The number of rotatable bonds is 6. The fraction of sp³-hybridized carbons (Fsp3) is 0.0704. The fourth-order valence-corrected chi connectivity index (χ4v) is 14.1. The Balaban J connectivity index is 1.09. The Morgan fingerprint density at radius 1 is 0.250 bits per heavy atom. The van der Waals surface area contributed by atoms with Crippen molar-refractivity contribution in [3.05, 3.63) is 316 Å². The van der Waals surface area contributed by atoms with Crippen molar-refractivity contribution in [3.8, 4) is 55.6 Å². The Morgan fingerprint density at radius 3 is 1.28 bits per heavy atom. The quantitative estimate of drug-likeness (QED) is 0.161. The zero-order valence-corrected chi connectivity index (χ0v) is 40.3. The summed E-state index contributed by atoms with van der Waals surface area (Å²) in [6.07, 6.45) is 0. The molecule has 15 rings (SSSR count). The Labute approximate surface area is 422 Å². The van der Waals surface area contributed by atoms with Crippen LogP contribution < -0.4 is 4.90 Å². The van der Waals surface area contributed by atoms with Crippen molar-refractivity contribution in [2.24, 2.45) is 0 Å². The van der Waals surface area contributed by atoms with E-state index < -0.39 is 10.8 Å². The number of hydrogen-bond acceptors (Lipinski definition) is 1. The van der Waals surface area contributed by atoms with Gasteiger partial charge in [0.05, 0.1) is 10.8 Å². The summed E-state index contributed by atoms with van der Waals surface area (Å²) in [5.74, 6) is 0. The molecule has 72 heavy (non-hydrogen) atoms. The summed E-state index contributed by atoms with van der Waals surface area (Å²) in [5.41, 5.74) is 28.1. The van der Waals surface area contributed by atoms with Gasteiger partial charge in [0, 0.05) is 22.5 Å². The lowest BCUT2D eigenvalue weighted by atomic mass is 9.65. The average molecular weight is 916 g/mol. The molecule has 1 heteroatoms. The maximum Gasteiger partial charge on any atom is 0.0725 e. The largest absolute Gasteiger partial charge is 0.310 e. The van der Waals surface area contributed by atoms with E-state index in [1.807, 2.05) is 0 Å². The number of nitrogens with zero attached hydrogens (tertiary/aromatic N) is 1. The Bertz CT molecular complexity index is 3910. The van der Waals surface area contributed by atoms with Crippen LogP contribution in [0, 0.1) is 0 Å². The predicted molar refractivity (Wildman–Crippen MR) is 298 cm³/mol. The highest BCUT2D eigenvalue weighted by atomic mass is 15.1. The van der Waals surface area contributed by atoms with Gasteiger partial charge in [0.25, 0.3) is 0 Å². The number of hydrogen-bond donors (Lipinski definition) is 0. The van der Waals surface area contributed by atoms with Crippen molar-refractivity contribution >= 4 is 17.1 Å². The van der Waals surface area contributed by atoms with Crippen LogP contribution >= 0.6 is 0 Å². The molecule has 0 heterocycles.